The molecule has 12 heavy (non-hydrogen) atoms. The van der Waals surface area contributed by atoms with Crippen LogP contribution in [0, 0.1) is 0 Å². The third-order valence-corrected chi connectivity index (χ3v) is 1.74. The smallest absolute Gasteiger partial charge is 0.245 e. The van der Waals surface area contributed by atoms with Gasteiger partial charge in [0.2, 0.25) is 11.2 Å². The Kier molecular flexibility index (Phi) is 2.76. The van der Waals surface area contributed by atoms with Crippen molar-refractivity contribution in [1.29, 1.82) is 0 Å². The molecule has 0 atom stereocenters. The molecule has 1 heterocycles. The van der Waals surface area contributed by atoms with E-state index in [9.17, 15) is 9.90 Å². The lowest BCUT2D eigenvalue weighted by Crippen LogP contribution is -2.03. The van der Waals surface area contributed by atoms with Crippen LogP contribution in [-0.2, 0) is 6.42 Å². The molecule has 0 unspecified atom stereocenters. The minimum absolute atomic E-state index is 0.0904. The molecule has 0 aliphatic rings. The quantitative estimate of drug-likeness (QED) is 0.772. The van der Waals surface area contributed by atoms with Crippen molar-refractivity contribution >= 4 is 11.6 Å². The minimum Gasteiger partial charge on any atom is -0.502 e. The highest BCUT2D eigenvalue weighted by molar-refractivity contribution is 6.30. The number of hydrogen-bond donors (Lipinski definition) is 1. The van der Waals surface area contributed by atoms with Crippen LogP contribution in [0.15, 0.2) is 15.5 Å². The molecule has 1 N–H and O–H groups in total. The number of halogens is 1. The summed E-state index contributed by atoms with van der Waals surface area (Å²) in [6.45, 7) is 1.92. The van der Waals surface area contributed by atoms with Gasteiger partial charge in [-0.15, -0.1) is 0 Å². The van der Waals surface area contributed by atoms with Crippen molar-refractivity contribution in [1.82, 2.24) is 0 Å². The average Bonchev–Trinajstić information content (AvgIpc) is 2.07. The first-order valence-electron chi connectivity index (χ1n) is 3.66. The normalized spacial score (nSPS) is 10.2. The van der Waals surface area contributed by atoms with E-state index >= 15 is 0 Å². The molecule has 4 heteroatoms. The second-order valence-corrected chi connectivity index (χ2v) is 2.84. The van der Waals surface area contributed by atoms with E-state index in [-0.39, 0.29) is 10.8 Å². The lowest BCUT2D eigenvalue weighted by atomic mass is 10.2. The predicted molar refractivity (Wildman–Crippen MR) is 45.6 cm³/mol. The molecule has 0 saturated heterocycles. The fourth-order valence-electron chi connectivity index (χ4n) is 0.876. The van der Waals surface area contributed by atoms with Gasteiger partial charge in [-0.05, 0) is 6.42 Å². The Morgan fingerprint density at radius 1 is 1.67 bits per heavy atom. The summed E-state index contributed by atoms with van der Waals surface area (Å²) < 4.78 is 4.93. The molecule has 1 aromatic heterocycles. The van der Waals surface area contributed by atoms with Gasteiger partial charge in [-0.1, -0.05) is 18.5 Å². The Morgan fingerprint density at radius 2 is 2.33 bits per heavy atom. The van der Waals surface area contributed by atoms with E-state index in [0.29, 0.717) is 12.2 Å². The third-order valence-electron chi connectivity index (χ3n) is 1.48. The SMILES string of the molecule is CCCc1occ(Cl)c(=O)c1O. The van der Waals surface area contributed by atoms with Gasteiger partial charge in [-0.3, -0.25) is 4.79 Å². The van der Waals surface area contributed by atoms with E-state index in [1.165, 1.54) is 0 Å². The Bertz CT molecular complexity index is 330. The third kappa shape index (κ3) is 1.61. The standard InChI is InChI=1S/C8H9ClO3/c1-2-3-6-8(11)7(10)5(9)4-12-6/h4,11H,2-3H2,1H3. The molecule has 0 aliphatic heterocycles. The number of aryl methyl sites for hydroxylation is 1. The second-order valence-electron chi connectivity index (χ2n) is 2.43. The van der Waals surface area contributed by atoms with Crippen LogP contribution in [0.5, 0.6) is 5.75 Å². The second kappa shape index (κ2) is 3.63. The first-order valence-corrected chi connectivity index (χ1v) is 4.03. The van der Waals surface area contributed by atoms with Gasteiger partial charge in [-0.2, -0.15) is 0 Å². The van der Waals surface area contributed by atoms with Crippen molar-refractivity contribution in [3.8, 4) is 5.75 Å². The summed E-state index contributed by atoms with van der Waals surface area (Å²) in [7, 11) is 0. The highest BCUT2D eigenvalue weighted by Gasteiger charge is 2.09. The Labute approximate surface area is 74.6 Å². The lowest BCUT2D eigenvalue weighted by Gasteiger charge is -1.99. The maximum atomic E-state index is 11.0. The zero-order chi connectivity index (χ0) is 9.14. The molecule has 3 nitrogen and oxygen atoms in total. The van der Waals surface area contributed by atoms with E-state index in [4.69, 9.17) is 16.0 Å². The van der Waals surface area contributed by atoms with Crippen LogP contribution in [0.2, 0.25) is 5.02 Å². The number of rotatable bonds is 2. The van der Waals surface area contributed by atoms with E-state index in [1.54, 1.807) is 0 Å². The van der Waals surface area contributed by atoms with E-state index < -0.39 is 5.43 Å². The summed E-state index contributed by atoms with van der Waals surface area (Å²) in [5.41, 5.74) is -0.564. The molecular weight excluding hydrogens is 180 g/mol. The van der Waals surface area contributed by atoms with Gasteiger partial charge in [0.05, 0.1) is 0 Å². The lowest BCUT2D eigenvalue weighted by molar-refractivity contribution is 0.398. The number of hydrogen-bond acceptors (Lipinski definition) is 3. The van der Waals surface area contributed by atoms with Crippen molar-refractivity contribution in [3.05, 3.63) is 27.3 Å². The van der Waals surface area contributed by atoms with Gasteiger partial charge >= 0.3 is 0 Å². The van der Waals surface area contributed by atoms with Crippen LogP contribution in [0.3, 0.4) is 0 Å². The zero-order valence-corrected chi connectivity index (χ0v) is 7.39. The van der Waals surface area contributed by atoms with Gasteiger partial charge in [0.15, 0.2) is 0 Å². The summed E-state index contributed by atoms with van der Waals surface area (Å²) >= 11 is 5.42. The van der Waals surface area contributed by atoms with E-state index in [0.717, 1.165) is 12.7 Å². The highest BCUT2D eigenvalue weighted by Crippen LogP contribution is 2.16. The van der Waals surface area contributed by atoms with Crippen molar-refractivity contribution in [3.63, 3.8) is 0 Å². The van der Waals surface area contributed by atoms with Gasteiger partial charge < -0.3 is 9.52 Å². The average molecular weight is 189 g/mol. The predicted octanol–water partition coefficient (Wildman–Crippen LogP) is 1.95. The monoisotopic (exact) mass is 188 g/mol. The van der Waals surface area contributed by atoms with Gasteiger partial charge in [-0.25, -0.2) is 0 Å². The molecule has 0 amide bonds. The molecule has 0 fully saturated rings. The Hall–Kier alpha value is -0.960. The zero-order valence-electron chi connectivity index (χ0n) is 6.63. The first kappa shape index (κ1) is 9.13. The molecule has 0 spiro atoms. The maximum Gasteiger partial charge on any atom is 0.245 e. The van der Waals surface area contributed by atoms with Crippen molar-refractivity contribution < 1.29 is 9.52 Å². The van der Waals surface area contributed by atoms with Gasteiger partial charge in [0, 0.05) is 6.42 Å². The van der Waals surface area contributed by atoms with Crippen molar-refractivity contribution in [2.45, 2.75) is 19.8 Å². The van der Waals surface area contributed by atoms with Crippen LogP contribution in [0.4, 0.5) is 0 Å². The number of aromatic hydroxyl groups is 1. The topological polar surface area (TPSA) is 50.4 Å². The van der Waals surface area contributed by atoms with Crippen LogP contribution < -0.4 is 5.43 Å². The summed E-state index contributed by atoms with van der Waals surface area (Å²) in [5, 5.41) is 9.13. The molecule has 0 aromatic carbocycles. The highest BCUT2D eigenvalue weighted by atomic mass is 35.5. The van der Waals surface area contributed by atoms with Crippen LogP contribution in [-0.4, -0.2) is 5.11 Å². The minimum atomic E-state index is -0.564. The maximum absolute atomic E-state index is 11.0. The van der Waals surface area contributed by atoms with Crippen LogP contribution in [0.1, 0.15) is 19.1 Å². The molecule has 0 bridgehead atoms. The molecule has 1 aromatic rings. The fourth-order valence-corrected chi connectivity index (χ4v) is 1.01. The van der Waals surface area contributed by atoms with E-state index in [2.05, 4.69) is 0 Å². The van der Waals surface area contributed by atoms with Crippen molar-refractivity contribution in [2.24, 2.45) is 0 Å². The largest absolute Gasteiger partial charge is 0.502 e. The molecule has 66 valence electrons. The fraction of sp³-hybridized carbons (Fsp3) is 0.375. The Morgan fingerprint density at radius 3 is 2.92 bits per heavy atom. The first-order chi connectivity index (χ1) is 5.66. The summed E-state index contributed by atoms with van der Waals surface area (Å²) in [5.74, 6) is -0.0729. The molecule has 0 radical (unpaired) electrons. The van der Waals surface area contributed by atoms with Crippen molar-refractivity contribution in [2.75, 3.05) is 0 Å². The Balaban J connectivity index is 3.18. The summed E-state index contributed by atoms with van der Waals surface area (Å²) in [6.07, 6.45) is 2.49. The molecular formula is C8H9ClO3. The van der Waals surface area contributed by atoms with E-state index in [1.807, 2.05) is 6.92 Å². The van der Waals surface area contributed by atoms with Gasteiger partial charge in [0.1, 0.15) is 17.0 Å². The van der Waals surface area contributed by atoms with Crippen LogP contribution in [0.25, 0.3) is 0 Å². The summed E-state index contributed by atoms with van der Waals surface area (Å²) in [4.78, 5) is 11.0. The molecule has 1 rings (SSSR count). The summed E-state index contributed by atoms with van der Waals surface area (Å²) in [6, 6.07) is 0. The van der Waals surface area contributed by atoms with Crippen LogP contribution >= 0.6 is 11.6 Å². The van der Waals surface area contributed by atoms with Gasteiger partial charge in [0.25, 0.3) is 0 Å². The molecule has 0 saturated carbocycles. The molecule has 0 aliphatic carbocycles.